The van der Waals surface area contributed by atoms with E-state index in [1.54, 1.807) is 12.3 Å². The minimum atomic E-state index is -0.114. The summed E-state index contributed by atoms with van der Waals surface area (Å²) in [5.41, 5.74) is 4.46. The maximum atomic E-state index is 12.6. The monoisotopic (exact) mass is 478 g/mol. The summed E-state index contributed by atoms with van der Waals surface area (Å²) in [4.78, 5) is 14.9. The number of benzene rings is 2. The van der Waals surface area contributed by atoms with Crippen LogP contribution in [0.5, 0.6) is 11.5 Å². The Morgan fingerprint density at radius 1 is 1.09 bits per heavy atom. The van der Waals surface area contributed by atoms with E-state index in [0.29, 0.717) is 25.5 Å². The molecule has 1 aliphatic heterocycles. The van der Waals surface area contributed by atoms with E-state index in [1.807, 2.05) is 57.2 Å². The molecule has 0 radical (unpaired) electrons. The molecule has 0 bridgehead atoms. The fraction of sp³-hybridized carbons (Fsp3) is 0.393. The predicted octanol–water partition coefficient (Wildman–Crippen LogP) is 4.75. The van der Waals surface area contributed by atoms with Crippen molar-refractivity contribution in [3.8, 4) is 22.6 Å². The van der Waals surface area contributed by atoms with Crippen LogP contribution in [0.15, 0.2) is 53.2 Å². The molecule has 0 aliphatic carbocycles. The molecule has 0 atom stereocenters. The van der Waals surface area contributed by atoms with Gasteiger partial charge in [0, 0.05) is 54.8 Å². The number of hydrogen-bond acceptors (Lipinski definition) is 6. The van der Waals surface area contributed by atoms with E-state index >= 15 is 0 Å². The first-order valence-electron chi connectivity index (χ1n) is 12.3. The number of fused-ring (bicyclic) bond motifs is 1. The fourth-order valence-electron chi connectivity index (χ4n) is 4.25. The Hall–Kier alpha value is -3.29. The maximum Gasteiger partial charge on any atom is 0.244 e. The third kappa shape index (κ3) is 6.24. The molecule has 7 heteroatoms. The van der Waals surface area contributed by atoms with Crippen LogP contribution in [0.3, 0.4) is 0 Å². The van der Waals surface area contributed by atoms with E-state index in [2.05, 4.69) is 10.2 Å². The molecule has 1 amide bonds. The Labute approximate surface area is 206 Å². The van der Waals surface area contributed by atoms with Gasteiger partial charge in [0.05, 0.1) is 32.7 Å². The number of hydrogen-bond donors (Lipinski definition) is 1. The van der Waals surface area contributed by atoms with Gasteiger partial charge >= 0.3 is 0 Å². The highest BCUT2D eigenvalue weighted by Crippen LogP contribution is 2.38. The molecular formula is C28H34N2O5. The second-order valence-electron chi connectivity index (χ2n) is 8.46. The smallest absolute Gasteiger partial charge is 0.244 e. The lowest BCUT2D eigenvalue weighted by Gasteiger charge is -2.26. The van der Waals surface area contributed by atoms with Crippen LogP contribution < -0.4 is 14.8 Å². The molecule has 1 N–H and O–H groups in total. The van der Waals surface area contributed by atoms with Crippen molar-refractivity contribution in [1.29, 1.82) is 0 Å². The first-order chi connectivity index (χ1) is 17.1. The third-order valence-corrected chi connectivity index (χ3v) is 6.06. The van der Waals surface area contributed by atoms with Crippen molar-refractivity contribution in [3.63, 3.8) is 0 Å². The van der Waals surface area contributed by atoms with E-state index < -0.39 is 0 Å². The first-order valence-corrected chi connectivity index (χ1v) is 12.3. The van der Waals surface area contributed by atoms with E-state index in [0.717, 1.165) is 71.8 Å². The van der Waals surface area contributed by atoms with Crippen LogP contribution in [0.25, 0.3) is 27.7 Å². The molecular weight excluding hydrogens is 444 g/mol. The van der Waals surface area contributed by atoms with Crippen LogP contribution in [0, 0.1) is 0 Å². The van der Waals surface area contributed by atoms with Crippen molar-refractivity contribution in [2.75, 3.05) is 52.6 Å². The molecule has 1 fully saturated rings. The van der Waals surface area contributed by atoms with E-state index in [1.165, 1.54) is 0 Å². The largest absolute Gasteiger partial charge is 0.494 e. The molecule has 7 nitrogen and oxygen atoms in total. The molecule has 2 aromatic carbocycles. The quantitative estimate of drug-likeness (QED) is 0.424. The Bertz CT molecular complexity index is 1160. The van der Waals surface area contributed by atoms with Crippen LogP contribution in [0.4, 0.5) is 0 Å². The van der Waals surface area contributed by atoms with Crippen molar-refractivity contribution in [2.45, 2.75) is 20.8 Å². The molecule has 35 heavy (non-hydrogen) atoms. The number of carbonyl (C=O) groups is 1. The van der Waals surface area contributed by atoms with Gasteiger partial charge in [-0.3, -0.25) is 9.69 Å². The maximum absolute atomic E-state index is 12.6. The van der Waals surface area contributed by atoms with Gasteiger partial charge < -0.3 is 23.9 Å². The van der Waals surface area contributed by atoms with Crippen LogP contribution in [0.2, 0.25) is 0 Å². The third-order valence-electron chi connectivity index (χ3n) is 6.06. The average molecular weight is 479 g/mol. The molecule has 4 rings (SSSR count). The SMILES string of the molecule is CCOc1ccc(-c2coc3cc(OCC)c(/C(C)=C/C(=O)NCCN4CCOCC4)cc23)cc1. The molecule has 1 aliphatic rings. The Morgan fingerprint density at radius 3 is 2.54 bits per heavy atom. The van der Waals surface area contributed by atoms with Gasteiger partial charge in [0.25, 0.3) is 0 Å². The van der Waals surface area contributed by atoms with E-state index in [4.69, 9.17) is 18.6 Å². The molecule has 3 aromatic rings. The second-order valence-corrected chi connectivity index (χ2v) is 8.46. The molecule has 0 spiro atoms. The highest BCUT2D eigenvalue weighted by atomic mass is 16.5. The van der Waals surface area contributed by atoms with Gasteiger partial charge in [0.15, 0.2) is 0 Å². The summed E-state index contributed by atoms with van der Waals surface area (Å²) < 4.78 is 22.7. The lowest BCUT2D eigenvalue weighted by atomic mass is 9.99. The summed E-state index contributed by atoms with van der Waals surface area (Å²) in [5, 5.41) is 3.96. The zero-order valence-corrected chi connectivity index (χ0v) is 20.8. The van der Waals surface area contributed by atoms with Gasteiger partial charge in [-0.15, -0.1) is 0 Å². The fourth-order valence-corrected chi connectivity index (χ4v) is 4.25. The molecule has 0 saturated carbocycles. The van der Waals surface area contributed by atoms with E-state index in [-0.39, 0.29) is 5.91 Å². The lowest BCUT2D eigenvalue weighted by molar-refractivity contribution is -0.116. The standard InChI is InChI=1S/C28H34N2O5/c1-4-33-22-8-6-21(7-9-22)25-19-35-27-18-26(34-5-2)23(17-24(25)27)20(3)16-28(31)29-10-11-30-12-14-32-15-13-30/h6-9,16-19H,4-5,10-15H2,1-3H3,(H,29,31)/b20-16+. The van der Waals surface area contributed by atoms with Gasteiger partial charge in [-0.05, 0) is 50.1 Å². The Balaban J connectivity index is 1.55. The highest BCUT2D eigenvalue weighted by Gasteiger charge is 2.16. The topological polar surface area (TPSA) is 73.2 Å². The number of ether oxygens (including phenoxy) is 3. The van der Waals surface area contributed by atoms with Crippen molar-refractivity contribution in [3.05, 3.63) is 54.3 Å². The normalized spacial score (nSPS) is 14.8. The van der Waals surface area contributed by atoms with Gasteiger partial charge in [0.1, 0.15) is 17.1 Å². The summed E-state index contributed by atoms with van der Waals surface area (Å²) in [6, 6.07) is 11.9. The minimum Gasteiger partial charge on any atom is -0.494 e. The summed E-state index contributed by atoms with van der Waals surface area (Å²) in [5.74, 6) is 1.42. The van der Waals surface area contributed by atoms with Crippen LogP contribution in [0.1, 0.15) is 26.3 Å². The number of rotatable bonds is 10. The lowest BCUT2D eigenvalue weighted by Crippen LogP contribution is -2.41. The summed E-state index contributed by atoms with van der Waals surface area (Å²) in [6.07, 6.45) is 3.40. The number of allylic oxidation sites excluding steroid dienone is 1. The molecule has 0 unspecified atom stereocenters. The summed E-state index contributed by atoms with van der Waals surface area (Å²) in [6.45, 7) is 11.7. The van der Waals surface area contributed by atoms with Crippen LogP contribution >= 0.6 is 0 Å². The zero-order chi connectivity index (χ0) is 24.6. The number of nitrogens with zero attached hydrogens (tertiary/aromatic N) is 1. The molecule has 1 saturated heterocycles. The van der Waals surface area contributed by atoms with Crippen molar-refractivity contribution < 1.29 is 23.4 Å². The number of morpholine rings is 1. The zero-order valence-electron chi connectivity index (χ0n) is 20.8. The minimum absolute atomic E-state index is 0.114. The van der Waals surface area contributed by atoms with Crippen molar-refractivity contribution in [1.82, 2.24) is 10.2 Å². The van der Waals surface area contributed by atoms with E-state index in [9.17, 15) is 4.79 Å². The van der Waals surface area contributed by atoms with Gasteiger partial charge in [-0.2, -0.15) is 0 Å². The number of furan rings is 1. The van der Waals surface area contributed by atoms with Crippen LogP contribution in [-0.4, -0.2) is 63.4 Å². The predicted molar refractivity (Wildman–Crippen MR) is 138 cm³/mol. The van der Waals surface area contributed by atoms with Crippen molar-refractivity contribution >= 4 is 22.4 Å². The Kier molecular flexibility index (Phi) is 8.45. The highest BCUT2D eigenvalue weighted by molar-refractivity contribution is 6.00. The molecule has 2 heterocycles. The number of nitrogens with one attached hydrogen (secondary N) is 1. The summed E-state index contributed by atoms with van der Waals surface area (Å²) >= 11 is 0. The van der Waals surface area contributed by atoms with Crippen LogP contribution in [-0.2, 0) is 9.53 Å². The molecule has 186 valence electrons. The van der Waals surface area contributed by atoms with Gasteiger partial charge in [-0.1, -0.05) is 12.1 Å². The second kappa shape index (κ2) is 11.9. The first kappa shape index (κ1) is 24.8. The number of amides is 1. The molecule has 1 aromatic heterocycles. The average Bonchev–Trinajstić information content (AvgIpc) is 3.28. The van der Waals surface area contributed by atoms with Gasteiger partial charge in [-0.25, -0.2) is 0 Å². The number of carbonyl (C=O) groups excluding carboxylic acids is 1. The summed E-state index contributed by atoms with van der Waals surface area (Å²) in [7, 11) is 0. The van der Waals surface area contributed by atoms with Crippen molar-refractivity contribution in [2.24, 2.45) is 0 Å². The van der Waals surface area contributed by atoms with Gasteiger partial charge in [0.2, 0.25) is 5.91 Å². The Morgan fingerprint density at radius 2 is 1.83 bits per heavy atom.